The Bertz CT molecular complexity index is 970. The van der Waals surface area contributed by atoms with Crippen LogP contribution in [0, 0.1) is 0 Å². The van der Waals surface area contributed by atoms with E-state index >= 15 is 0 Å². The van der Waals surface area contributed by atoms with Crippen LogP contribution in [-0.2, 0) is 17.6 Å². The predicted octanol–water partition coefficient (Wildman–Crippen LogP) is 4.98. The Balaban J connectivity index is 1.41. The van der Waals surface area contributed by atoms with E-state index in [4.69, 9.17) is 9.72 Å². The quantitative estimate of drug-likeness (QED) is 0.562. The molecule has 1 atom stereocenters. The number of nitrogens with zero attached hydrogens (tertiary/aromatic N) is 2. The Hall–Kier alpha value is -3.14. The highest BCUT2D eigenvalue weighted by atomic mass is 16.5. The minimum Gasteiger partial charge on any atom is -0.497 e. The second kappa shape index (κ2) is 9.57. The first kappa shape index (κ1) is 20.1. The van der Waals surface area contributed by atoms with Crippen molar-refractivity contribution in [2.75, 3.05) is 13.7 Å². The Morgan fingerprint density at radius 3 is 2.57 bits per heavy atom. The summed E-state index contributed by atoms with van der Waals surface area (Å²) in [5.41, 5.74) is 4.47. The van der Waals surface area contributed by atoms with Gasteiger partial charge in [0.25, 0.3) is 0 Å². The zero-order valence-corrected chi connectivity index (χ0v) is 17.5. The maximum atomic E-state index is 13.0. The zero-order chi connectivity index (χ0) is 20.8. The molecule has 1 fully saturated rings. The lowest BCUT2D eigenvalue weighted by atomic mass is 10.1. The Morgan fingerprint density at radius 1 is 1.00 bits per heavy atom. The number of hydrogen-bond donors (Lipinski definition) is 0. The van der Waals surface area contributed by atoms with Crippen molar-refractivity contribution in [1.82, 2.24) is 9.88 Å². The monoisotopic (exact) mass is 400 g/mol. The SMILES string of the molecule is COc1ccc(CCC(=O)N2CCC[C@H]2c2cccc(Cc3ccccc3)n2)cc1. The van der Waals surface area contributed by atoms with E-state index in [-0.39, 0.29) is 11.9 Å². The van der Waals surface area contributed by atoms with E-state index in [2.05, 4.69) is 42.5 Å². The molecule has 0 bridgehead atoms. The minimum atomic E-state index is 0.0871. The summed E-state index contributed by atoms with van der Waals surface area (Å²) in [4.78, 5) is 19.9. The molecule has 1 amide bonds. The van der Waals surface area contributed by atoms with E-state index in [0.717, 1.165) is 54.9 Å². The summed E-state index contributed by atoms with van der Waals surface area (Å²) >= 11 is 0. The van der Waals surface area contributed by atoms with Crippen LogP contribution in [0.4, 0.5) is 0 Å². The van der Waals surface area contributed by atoms with Crippen LogP contribution in [0.1, 0.15) is 47.8 Å². The molecule has 0 spiro atoms. The fourth-order valence-electron chi connectivity index (χ4n) is 4.15. The average Bonchev–Trinajstić information content (AvgIpc) is 3.29. The maximum absolute atomic E-state index is 13.0. The van der Waals surface area contributed by atoms with Crippen LogP contribution in [-0.4, -0.2) is 29.4 Å². The number of likely N-dealkylation sites (tertiary alicyclic amines) is 1. The van der Waals surface area contributed by atoms with Gasteiger partial charge in [0, 0.05) is 25.1 Å². The van der Waals surface area contributed by atoms with Gasteiger partial charge in [-0.3, -0.25) is 9.78 Å². The lowest BCUT2D eigenvalue weighted by Crippen LogP contribution is -2.31. The first-order valence-electron chi connectivity index (χ1n) is 10.6. The van der Waals surface area contributed by atoms with Crippen molar-refractivity contribution in [2.24, 2.45) is 0 Å². The van der Waals surface area contributed by atoms with Crippen molar-refractivity contribution < 1.29 is 9.53 Å². The number of benzene rings is 2. The number of carbonyl (C=O) groups excluding carboxylic acids is 1. The number of hydrogen-bond acceptors (Lipinski definition) is 3. The van der Waals surface area contributed by atoms with Gasteiger partial charge in [-0.05, 0) is 54.7 Å². The molecule has 1 saturated heterocycles. The molecule has 1 aliphatic rings. The second-order valence-corrected chi connectivity index (χ2v) is 7.81. The summed E-state index contributed by atoms with van der Waals surface area (Å²) in [5.74, 6) is 1.05. The predicted molar refractivity (Wildman–Crippen MR) is 118 cm³/mol. The van der Waals surface area contributed by atoms with Gasteiger partial charge in [0.05, 0.1) is 18.8 Å². The number of pyridine rings is 1. The molecule has 2 aromatic carbocycles. The van der Waals surface area contributed by atoms with Gasteiger partial charge in [-0.2, -0.15) is 0 Å². The van der Waals surface area contributed by atoms with Gasteiger partial charge in [-0.25, -0.2) is 0 Å². The van der Waals surface area contributed by atoms with Crippen molar-refractivity contribution in [3.8, 4) is 5.75 Å². The molecule has 4 heteroatoms. The average molecular weight is 401 g/mol. The van der Waals surface area contributed by atoms with Gasteiger partial charge in [-0.1, -0.05) is 48.5 Å². The van der Waals surface area contributed by atoms with Crippen molar-refractivity contribution >= 4 is 5.91 Å². The van der Waals surface area contributed by atoms with Gasteiger partial charge in [0.15, 0.2) is 0 Å². The molecule has 0 aliphatic carbocycles. The normalized spacial score (nSPS) is 15.9. The molecule has 1 aliphatic heterocycles. The lowest BCUT2D eigenvalue weighted by molar-refractivity contribution is -0.132. The summed E-state index contributed by atoms with van der Waals surface area (Å²) in [7, 11) is 1.66. The van der Waals surface area contributed by atoms with E-state index in [1.165, 1.54) is 5.56 Å². The molecular formula is C26H28N2O2. The first-order chi connectivity index (χ1) is 14.7. The van der Waals surface area contributed by atoms with Crippen molar-refractivity contribution in [3.05, 3.63) is 95.3 Å². The highest BCUT2D eigenvalue weighted by molar-refractivity contribution is 5.77. The Morgan fingerprint density at radius 2 is 1.80 bits per heavy atom. The van der Waals surface area contributed by atoms with Gasteiger partial charge in [-0.15, -0.1) is 0 Å². The first-order valence-corrected chi connectivity index (χ1v) is 10.6. The smallest absolute Gasteiger partial charge is 0.223 e. The molecule has 0 unspecified atom stereocenters. The molecule has 0 radical (unpaired) electrons. The van der Waals surface area contributed by atoms with Gasteiger partial charge in [0.2, 0.25) is 5.91 Å². The zero-order valence-electron chi connectivity index (χ0n) is 17.5. The largest absolute Gasteiger partial charge is 0.497 e. The molecule has 30 heavy (non-hydrogen) atoms. The van der Waals surface area contributed by atoms with E-state index in [0.29, 0.717) is 6.42 Å². The van der Waals surface area contributed by atoms with Crippen molar-refractivity contribution in [1.29, 1.82) is 0 Å². The van der Waals surface area contributed by atoms with Gasteiger partial charge < -0.3 is 9.64 Å². The van der Waals surface area contributed by atoms with Crippen LogP contribution in [0.25, 0.3) is 0 Å². The summed E-state index contributed by atoms with van der Waals surface area (Å²) < 4.78 is 5.20. The summed E-state index contributed by atoms with van der Waals surface area (Å²) in [6, 6.07) is 24.6. The fraction of sp³-hybridized carbons (Fsp3) is 0.308. The summed E-state index contributed by atoms with van der Waals surface area (Å²) in [5, 5.41) is 0. The van der Waals surface area contributed by atoms with Crippen molar-refractivity contribution in [2.45, 2.75) is 38.1 Å². The number of aromatic nitrogens is 1. The number of ether oxygens (including phenoxy) is 1. The standard InChI is InChI=1S/C26H28N2O2/c1-30-23-15-12-20(13-16-23)14-17-26(29)28-18-6-11-25(28)24-10-5-9-22(27-24)19-21-7-3-2-4-8-21/h2-5,7-10,12-13,15-16,25H,6,11,14,17-19H2,1H3/t25-/m0/s1. The molecule has 0 saturated carbocycles. The van der Waals surface area contributed by atoms with Gasteiger partial charge in [0.1, 0.15) is 5.75 Å². The van der Waals surface area contributed by atoms with E-state index in [9.17, 15) is 4.79 Å². The molecule has 0 N–H and O–H groups in total. The van der Waals surface area contributed by atoms with Crippen LogP contribution in [0.15, 0.2) is 72.8 Å². The van der Waals surface area contributed by atoms with Crippen molar-refractivity contribution in [3.63, 3.8) is 0 Å². The van der Waals surface area contributed by atoms with Gasteiger partial charge >= 0.3 is 0 Å². The fourth-order valence-corrected chi connectivity index (χ4v) is 4.15. The minimum absolute atomic E-state index is 0.0871. The molecule has 1 aromatic heterocycles. The third kappa shape index (κ3) is 4.88. The van der Waals surface area contributed by atoms with Crippen LogP contribution < -0.4 is 4.74 Å². The highest BCUT2D eigenvalue weighted by Gasteiger charge is 2.30. The van der Waals surface area contributed by atoms with Crippen LogP contribution in [0.3, 0.4) is 0 Å². The third-order valence-corrected chi connectivity index (χ3v) is 5.76. The lowest BCUT2D eigenvalue weighted by Gasteiger charge is -2.25. The van der Waals surface area contributed by atoms with Crippen LogP contribution >= 0.6 is 0 Å². The Labute approximate surface area is 178 Å². The Kier molecular flexibility index (Phi) is 6.43. The highest BCUT2D eigenvalue weighted by Crippen LogP contribution is 2.32. The number of amides is 1. The molecule has 4 rings (SSSR count). The van der Waals surface area contributed by atoms with E-state index in [1.807, 2.05) is 35.2 Å². The number of aryl methyl sites for hydroxylation is 1. The molecule has 2 heterocycles. The third-order valence-electron chi connectivity index (χ3n) is 5.76. The number of carbonyl (C=O) groups is 1. The number of rotatable bonds is 7. The second-order valence-electron chi connectivity index (χ2n) is 7.81. The number of methoxy groups -OCH3 is 1. The topological polar surface area (TPSA) is 42.4 Å². The molecular weight excluding hydrogens is 372 g/mol. The van der Waals surface area contributed by atoms with Crippen LogP contribution in [0.2, 0.25) is 0 Å². The van der Waals surface area contributed by atoms with Crippen LogP contribution in [0.5, 0.6) is 5.75 Å². The summed E-state index contributed by atoms with van der Waals surface area (Å²) in [6.45, 7) is 0.816. The molecule has 4 nitrogen and oxygen atoms in total. The maximum Gasteiger partial charge on any atom is 0.223 e. The molecule has 3 aromatic rings. The van der Waals surface area contributed by atoms with E-state index < -0.39 is 0 Å². The van der Waals surface area contributed by atoms with E-state index in [1.54, 1.807) is 7.11 Å². The summed E-state index contributed by atoms with van der Waals surface area (Å²) in [6.07, 6.45) is 4.09. The molecule has 154 valence electrons.